The molecule has 8 saturated carbocycles. The minimum absolute atomic E-state index is 0.154. The Bertz CT molecular complexity index is 1450. The Morgan fingerprint density at radius 1 is 0.500 bits per heavy atom. The topological polar surface area (TPSA) is 70.5 Å². The number of hydrogen-bond acceptors (Lipinski definition) is 4. The number of benzene rings is 3. The van der Waals surface area contributed by atoms with E-state index in [1.54, 1.807) is 0 Å². The third-order valence-corrected chi connectivity index (χ3v) is 13.4. The standard InChI is InChI=1S/C40H48N2O2/c1-23-33(41)5-3-7-35(23)43-37-15-32(40-20-28-12-29(21-40)14-30(13-28)22-40)38(44-36-8-4-6-34(42)24(36)2)16-31(37)39-17-25-9-26(18-39)11-27(10-25)19-39/h3-8,15-16,25-30H,9-14,17-22,41-42H2,1-2H3. The van der Waals surface area contributed by atoms with Gasteiger partial charge >= 0.3 is 0 Å². The molecule has 0 aromatic heterocycles. The fourth-order valence-corrected chi connectivity index (χ4v) is 12.2. The lowest BCUT2D eigenvalue weighted by molar-refractivity contribution is -0.00824. The fourth-order valence-electron chi connectivity index (χ4n) is 12.2. The summed E-state index contributed by atoms with van der Waals surface area (Å²) in [5.41, 5.74) is 19.5. The molecule has 0 aliphatic heterocycles. The summed E-state index contributed by atoms with van der Waals surface area (Å²) in [6.45, 7) is 4.18. The molecule has 0 amide bonds. The van der Waals surface area contributed by atoms with Crippen LogP contribution in [-0.2, 0) is 10.8 Å². The van der Waals surface area contributed by atoms with Crippen LogP contribution >= 0.6 is 0 Å². The Hall–Kier alpha value is -3.14. The Kier molecular flexibility index (Phi) is 5.98. The highest BCUT2D eigenvalue weighted by Crippen LogP contribution is 2.66. The van der Waals surface area contributed by atoms with E-state index in [9.17, 15) is 0 Å². The van der Waals surface area contributed by atoms with Crippen LogP contribution in [0.3, 0.4) is 0 Å². The van der Waals surface area contributed by atoms with E-state index in [0.717, 1.165) is 81.0 Å². The molecule has 0 unspecified atom stereocenters. The minimum Gasteiger partial charge on any atom is -0.457 e. The van der Waals surface area contributed by atoms with Gasteiger partial charge in [-0.15, -0.1) is 0 Å². The molecule has 4 heteroatoms. The summed E-state index contributed by atoms with van der Waals surface area (Å²) >= 11 is 0. The summed E-state index contributed by atoms with van der Waals surface area (Å²) in [5.74, 6) is 8.92. The normalized spacial score (nSPS) is 36.1. The van der Waals surface area contributed by atoms with Crippen molar-refractivity contribution in [1.29, 1.82) is 0 Å². The summed E-state index contributed by atoms with van der Waals surface area (Å²) in [5, 5.41) is 0. The number of hydrogen-bond donors (Lipinski definition) is 2. The van der Waals surface area contributed by atoms with E-state index in [2.05, 4.69) is 38.1 Å². The quantitative estimate of drug-likeness (QED) is 0.281. The van der Waals surface area contributed by atoms with E-state index in [0.29, 0.717) is 0 Å². The van der Waals surface area contributed by atoms with Crippen LogP contribution in [0.2, 0.25) is 0 Å². The average molecular weight is 589 g/mol. The van der Waals surface area contributed by atoms with Gasteiger partial charge in [-0.1, -0.05) is 12.1 Å². The lowest BCUT2D eigenvalue weighted by Gasteiger charge is -2.58. The summed E-state index contributed by atoms with van der Waals surface area (Å²) in [7, 11) is 0. The summed E-state index contributed by atoms with van der Waals surface area (Å²) in [4.78, 5) is 0. The molecule has 3 aromatic rings. The second-order valence-electron chi connectivity index (χ2n) is 16.4. The highest BCUT2D eigenvalue weighted by Gasteiger charge is 2.55. The predicted octanol–water partition coefficient (Wildman–Crippen LogP) is 9.99. The molecule has 8 aliphatic rings. The molecule has 4 N–H and O–H groups in total. The van der Waals surface area contributed by atoms with Crippen LogP contribution in [0.4, 0.5) is 11.4 Å². The molecule has 8 bridgehead atoms. The number of rotatable bonds is 6. The molecular formula is C40H48N2O2. The van der Waals surface area contributed by atoms with Gasteiger partial charge in [0.2, 0.25) is 0 Å². The summed E-state index contributed by atoms with van der Waals surface area (Å²) in [6, 6.07) is 17.2. The summed E-state index contributed by atoms with van der Waals surface area (Å²) in [6.07, 6.45) is 16.2. The maximum atomic E-state index is 7.11. The Morgan fingerprint density at radius 3 is 1.14 bits per heavy atom. The fraction of sp³-hybridized carbons (Fsp3) is 0.550. The first-order valence-electron chi connectivity index (χ1n) is 17.5. The van der Waals surface area contributed by atoms with Crippen molar-refractivity contribution in [2.45, 2.75) is 102 Å². The zero-order valence-corrected chi connectivity index (χ0v) is 26.5. The van der Waals surface area contributed by atoms with Gasteiger partial charge in [0.25, 0.3) is 0 Å². The first-order chi connectivity index (χ1) is 21.3. The Morgan fingerprint density at radius 2 is 0.818 bits per heavy atom. The molecular weight excluding hydrogens is 540 g/mol. The highest BCUT2D eigenvalue weighted by molar-refractivity contribution is 5.60. The maximum absolute atomic E-state index is 7.11. The van der Waals surface area contributed by atoms with Crippen molar-refractivity contribution in [3.63, 3.8) is 0 Å². The Labute approximate surface area is 262 Å². The van der Waals surface area contributed by atoms with Gasteiger partial charge in [0.1, 0.15) is 23.0 Å². The number of ether oxygens (including phenoxy) is 2. The van der Waals surface area contributed by atoms with Crippen LogP contribution < -0.4 is 20.9 Å². The van der Waals surface area contributed by atoms with Crippen molar-refractivity contribution in [2.75, 3.05) is 11.5 Å². The van der Waals surface area contributed by atoms with E-state index in [1.165, 1.54) is 88.2 Å². The third kappa shape index (κ3) is 4.22. The second-order valence-corrected chi connectivity index (χ2v) is 16.4. The van der Waals surface area contributed by atoms with Gasteiger partial charge in [-0.2, -0.15) is 0 Å². The largest absolute Gasteiger partial charge is 0.457 e. The van der Waals surface area contributed by atoms with Gasteiger partial charge < -0.3 is 20.9 Å². The highest BCUT2D eigenvalue weighted by atomic mass is 16.5. The SMILES string of the molecule is Cc1c(N)cccc1Oc1cc(C23CC4CC(CC(C4)C2)C3)c(Oc2cccc(N)c2C)cc1C12CC3CC(CC(C3)C1)C2. The molecule has 0 radical (unpaired) electrons. The van der Waals surface area contributed by atoms with Gasteiger partial charge in [-0.05, 0) is 174 Å². The smallest absolute Gasteiger partial charge is 0.132 e. The van der Waals surface area contributed by atoms with Gasteiger partial charge in [-0.25, -0.2) is 0 Å². The monoisotopic (exact) mass is 588 g/mol. The zero-order valence-electron chi connectivity index (χ0n) is 26.5. The molecule has 11 rings (SSSR count). The van der Waals surface area contributed by atoms with Crippen molar-refractivity contribution in [2.24, 2.45) is 35.5 Å². The van der Waals surface area contributed by atoms with Crippen LogP contribution in [0.5, 0.6) is 23.0 Å². The molecule has 0 heterocycles. The van der Waals surface area contributed by atoms with E-state index >= 15 is 0 Å². The van der Waals surface area contributed by atoms with Crippen LogP contribution in [0.1, 0.15) is 99.3 Å². The number of nitrogens with two attached hydrogens (primary N) is 2. The van der Waals surface area contributed by atoms with Crippen molar-refractivity contribution in [1.82, 2.24) is 0 Å². The van der Waals surface area contributed by atoms with Gasteiger partial charge in [0.15, 0.2) is 0 Å². The minimum atomic E-state index is 0.154. The molecule has 44 heavy (non-hydrogen) atoms. The lowest BCUT2D eigenvalue weighted by atomic mass is 9.47. The van der Waals surface area contributed by atoms with Gasteiger partial charge in [-0.3, -0.25) is 0 Å². The Balaban J connectivity index is 1.25. The van der Waals surface area contributed by atoms with Crippen molar-refractivity contribution in [3.8, 4) is 23.0 Å². The van der Waals surface area contributed by atoms with E-state index < -0.39 is 0 Å². The second kappa shape index (κ2) is 9.68. The van der Waals surface area contributed by atoms with Crippen LogP contribution in [0.15, 0.2) is 48.5 Å². The van der Waals surface area contributed by atoms with Crippen molar-refractivity contribution in [3.05, 3.63) is 70.8 Å². The summed E-state index contributed by atoms with van der Waals surface area (Å²) < 4.78 is 14.2. The molecule has 4 nitrogen and oxygen atoms in total. The first-order valence-corrected chi connectivity index (χ1v) is 17.5. The predicted molar refractivity (Wildman–Crippen MR) is 177 cm³/mol. The van der Waals surface area contributed by atoms with Crippen LogP contribution in [-0.4, -0.2) is 0 Å². The lowest BCUT2D eigenvalue weighted by Crippen LogP contribution is -2.49. The molecule has 0 spiro atoms. The average Bonchev–Trinajstić information content (AvgIpc) is 2.97. The van der Waals surface area contributed by atoms with E-state index in [-0.39, 0.29) is 10.8 Å². The number of anilines is 2. The first kappa shape index (κ1) is 27.2. The molecule has 0 saturated heterocycles. The van der Waals surface area contributed by atoms with E-state index in [4.69, 9.17) is 20.9 Å². The van der Waals surface area contributed by atoms with Gasteiger partial charge in [0.05, 0.1) is 0 Å². The molecule has 3 aromatic carbocycles. The van der Waals surface area contributed by atoms with Crippen LogP contribution in [0, 0.1) is 49.4 Å². The maximum Gasteiger partial charge on any atom is 0.132 e. The number of nitrogen functional groups attached to an aromatic ring is 2. The van der Waals surface area contributed by atoms with E-state index in [1.807, 2.05) is 24.3 Å². The third-order valence-electron chi connectivity index (χ3n) is 13.4. The molecule has 8 aliphatic carbocycles. The van der Waals surface area contributed by atoms with Crippen molar-refractivity contribution < 1.29 is 9.47 Å². The van der Waals surface area contributed by atoms with Gasteiger partial charge in [0, 0.05) is 33.6 Å². The van der Waals surface area contributed by atoms with Crippen LogP contribution in [0.25, 0.3) is 0 Å². The molecule has 230 valence electrons. The van der Waals surface area contributed by atoms with Crippen molar-refractivity contribution >= 4 is 11.4 Å². The zero-order chi connectivity index (χ0) is 29.8. The molecule has 8 fully saturated rings. The molecule has 0 atom stereocenters.